The smallest absolute Gasteiger partial charge is 0.0951 e. The molecule has 0 bridgehead atoms. The van der Waals surface area contributed by atoms with Gasteiger partial charge in [-0.3, -0.25) is 4.90 Å². The third-order valence-electron chi connectivity index (χ3n) is 3.00. The standard InChI is InChI=1S/C13H25N3O/c1-11(2)15(6-5-7-17)9-13-8-14-10-16(13)12(3)4/h8,10-12,17H,5-7,9H2,1-4H3. The predicted molar refractivity (Wildman–Crippen MR) is 69.9 cm³/mol. The number of hydrogen-bond acceptors (Lipinski definition) is 3. The lowest BCUT2D eigenvalue weighted by molar-refractivity contribution is 0.180. The van der Waals surface area contributed by atoms with Crippen molar-refractivity contribution >= 4 is 0 Å². The lowest BCUT2D eigenvalue weighted by atomic mass is 10.2. The lowest BCUT2D eigenvalue weighted by Gasteiger charge is -2.27. The zero-order chi connectivity index (χ0) is 12.8. The molecule has 0 aliphatic rings. The van der Waals surface area contributed by atoms with Crippen molar-refractivity contribution in [2.24, 2.45) is 0 Å². The van der Waals surface area contributed by atoms with Crippen molar-refractivity contribution in [2.45, 2.75) is 52.7 Å². The molecule has 0 aliphatic heterocycles. The molecule has 0 spiro atoms. The van der Waals surface area contributed by atoms with Crippen molar-refractivity contribution in [1.82, 2.24) is 14.5 Å². The zero-order valence-corrected chi connectivity index (χ0v) is 11.4. The summed E-state index contributed by atoms with van der Waals surface area (Å²) in [6, 6.07) is 0.927. The summed E-state index contributed by atoms with van der Waals surface area (Å²) < 4.78 is 2.20. The van der Waals surface area contributed by atoms with E-state index in [0.717, 1.165) is 19.5 Å². The first-order chi connectivity index (χ1) is 8.06. The molecule has 0 amide bonds. The van der Waals surface area contributed by atoms with Crippen molar-refractivity contribution in [3.8, 4) is 0 Å². The molecule has 1 rings (SSSR count). The van der Waals surface area contributed by atoms with Crippen LogP contribution in [0.2, 0.25) is 0 Å². The van der Waals surface area contributed by atoms with E-state index in [1.807, 2.05) is 12.5 Å². The van der Waals surface area contributed by atoms with E-state index in [1.54, 1.807) is 0 Å². The Morgan fingerprint density at radius 2 is 2.06 bits per heavy atom. The Morgan fingerprint density at radius 3 is 2.59 bits per heavy atom. The van der Waals surface area contributed by atoms with Gasteiger partial charge in [-0.1, -0.05) is 0 Å². The van der Waals surface area contributed by atoms with Gasteiger partial charge in [0, 0.05) is 38.0 Å². The highest BCUT2D eigenvalue weighted by Crippen LogP contribution is 2.13. The molecule has 0 aliphatic carbocycles. The number of hydrogen-bond donors (Lipinski definition) is 1. The second kappa shape index (κ2) is 6.77. The molecule has 0 saturated heterocycles. The molecule has 17 heavy (non-hydrogen) atoms. The van der Waals surface area contributed by atoms with Crippen LogP contribution in [0.3, 0.4) is 0 Å². The summed E-state index contributed by atoms with van der Waals surface area (Å²) in [5.74, 6) is 0. The van der Waals surface area contributed by atoms with E-state index in [1.165, 1.54) is 5.69 Å². The maximum atomic E-state index is 8.92. The molecule has 0 unspecified atom stereocenters. The molecule has 98 valence electrons. The van der Waals surface area contributed by atoms with E-state index in [2.05, 4.69) is 42.1 Å². The van der Waals surface area contributed by atoms with Gasteiger partial charge in [-0.15, -0.1) is 0 Å². The molecule has 0 aromatic carbocycles. The average molecular weight is 239 g/mol. The van der Waals surface area contributed by atoms with Crippen molar-refractivity contribution in [3.05, 3.63) is 18.2 Å². The van der Waals surface area contributed by atoms with Crippen LogP contribution in [0.1, 0.15) is 45.9 Å². The highest BCUT2D eigenvalue weighted by molar-refractivity contribution is 5.00. The van der Waals surface area contributed by atoms with E-state index in [-0.39, 0.29) is 6.61 Å². The third kappa shape index (κ3) is 4.13. The van der Waals surface area contributed by atoms with Crippen molar-refractivity contribution < 1.29 is 5.11 Å². The van der Waals surface area contributed by atoms with Gasteiger partial charge in [-0.25, -0.2) is 4.98 Å². The molecule has 4 nitrogen and oxygen atoms in total. The Morgan fingerprint density at radius 1 is 1.35 bits per heavy atom. The fourth-order valence-corrected chi connectivity index (χ4v) is 1.92. The molecule has 0 saturated carbocycles. The van der Waals surface area contributed by atoms with Gasteiger partial charge in [0.1, 0.15) is 0 Å². The average Bonchev–Trinajstić information content (AvgIpc) is 2.71. The van der Waals surface area contributed by atoms with E-state index in [4.69, 9.17) is 5.11 Å². The highest BCUT2D eigenvalue weighted by atomic mass is 16.3. The van der Waals surface area contributed by atoms with Gasteiger partial charge < -0.3 is 9.67 Å². The number of aliphatic hydroxyl groups is 1. The Hall–Kier alpha value is -0.870. The van der Waals surface area contributed by atoms with E-state index >= 15 is 0 Å². The van der Waals surface area contributed by atoms with Gasteiger partial charge in [0.25, 0.3) is 0 Å². The Labute approximate surface area is 104 Å². The summed E-state index contributed by atoms with van der Waals surface area (Å²) in [7, 11) is 0. The molecule has 1 aromatic rings. The number of imidazole rings is 1. The zero-order valence-electron chi connectivity index (χ0n) is 11.4. The summed E-state index contributed by atoms with van der Waals surface area (Å²) >= 11 is 0. The summed E-state index contributed by atoms with van der Waals surface area (Å²) in [5, 5.41) is 8.92. The minimum absolute atomic E-state index is 0.257. The predicted octanol–water partition coefficient (Wildman–Crippen LogP) is 2.06. The highest BCUT2D eigenvalue weighted by Gasteiger charge is 2.13. The van der Waals surface area contributed by atoms with Gasteiger partial charge >= 0.3 is 0 Å². The second-order valence-corrected chi connectivity index (χ2v) is 5.03. The van der Waals surface area contributed by atoms with Gasteiger partial charge in [0.2, 0.25) is 0 Å². The fourth-order valence-electron chi connectivity index (χ4n) is 1.92. The number of aromatic nitrogens is 2. The van der Waals surface area contributed by atoms with Crippen LogP contribution in [0.5, 0.6) is 0 Å². The quantitative estimate of drug-likeness (QED) is 0.792. The summed E-state index contributed by atoms with van der Waals surface area (Å²) in [6.45, 7) is 10.8. The van der Waals surface area contributed by atoms with Crippen LogP contribution in [-0.4, -0.2) is 38.8 Å². The molecule has 1 aromatic heterocycles. The van der Waals surface area contributed by atoms with Crippen molar-refractivity contribution in [2.75, 3.05) is 13.2 Å². The number of nitrogens with zero attached hydrogens (tertiary/aromatic N) is 3. The van der Waals surface area contributed by atoms with Crippen LogP contribution >= 0.6 is 0 Å². The Kier molecular flexibility index (Phi) is 5.65. The van der Waals surface area contributed by atoms with Crippen LogP contribution in [0.25, 0.3) is 0 Å². The lowest BCUT2D eigenvalue weighted by Crippen LogP contribution is -2.32. The fraction of sp³-hybridized carbons (Fsp3) is 0.769. The minimum Gasteiger partial charge on any atom is -0.396 e. The van der Waals surface area contributed by atoms with E-state index in [0.29, 0.717) is 12.1 Å². The van der Waals surface area contributed by atoms with E-state index in [9.17, 15) is 0 Å². The summed E-state index contributed by atoms with van der Waals surface area (Å²) in [4.78, 5) is 6.59. The first-order valence-corrected chi connectivity index (χ1v) is 6.41. The topological polar surface area (TPSA) is 41.3 Å². The van der Waals surface area contributed by atoms with Crippen molar-refractivity contribution in [3.63, 3.8) is 0 Å². The Balaban J connectivity index is 2.68. The summed E-state index contributed by atoms with van der Waals surface area (Å²) in [5.41, 5.74) is 1.24. The molecular weight excluding hydrogens is 214 g/mol. The molecule has 1 heterocycles. The van der Waals surface area contributed by atoms with Crippen LogP contribution in [0.15, 0.2) is 12.5 Å². The van der Waals surface area contributed by atoms with Gasteiger partial charge in [0.15, 0.2) is 0 Å². The second-order valence-electron chi connectivity index (χ2n) is 5.03. The SMILES string of the molecule is CC(C)N(CCCO)Cc1cncn1C(C)C. The third-order valence-corrected chi connectivity index (χ3v) is 3.00. The molecule has 0 radical (unpaired) electrons. The summed E-state index contributed by atoms with van der Waals surface area (Å²) in [6.07, 6.45) is 4.66. The maximum absolute atomic E-state index is 8.92. The van der Waals surface area contributed by atoms with Crippen LogP contribution in [0, 0.1) is 0 Å². The number of aliphatic hydroxyl groups excluding tert-OH is 1. The van der Waals surface area contributed by atoms with Crippen LogP contribution in [0.4, 0.5) is 0 Å². The minimum atomic E-state index is 0.257. The normalized spacial score (nSPS) is 12.0. The van der Waals surface area contributed by atoms with E-state index < -0.39 is 0 Å². The molecule has 0 atom stereocenters. The molecule has 1 N–H and O–H groups in total. The van der Waals surface area contributed by atoms with Gasteiger partial charge in [-0.2, -0.15) is 0 Å². The van der Waals surface area contributed by atoms with Gasteiger partial charge in [-0.05, 0) is 34.1 Å². The van der Waals surface area contributed by atoms with Gasteiger partial charge in [0.05, 0.1) is 12.0 Å². The molecule has 4 heteroatoms. The Bertz CT molecular complexity index is 320. The first kappa shape index (κ1) is 14.2. The van der Waals surface area contributed by atoms with Crippen molar-refractivity contribution in [1.29, 1.82) is 0 Å². The first-order valence-electron chi connectivity index (χ1n) is 6.41. The van der Waals surface area contributed by atoms with Crippen LogP contribution in [-0.2, 0) is 6.54 Å². The maximum Gasteiger partial charge on any atom is 0.0951 e. The molecule has 0 fully saturated rings. The van der Waals surface area contributed by atoms with Crippen LogP contribution < -0.4 is 0 Å². The molecular formula is C13H25N3O. The monoisotopic (exact) mass is 239 g/mol. The largest absolute Gasteiger partial charge is 0.396 e. The number of rotatable bonds is 7.